The third-order valence-corrected chi connectivity index (χ3v) is 3.99. The maximum Gasteiger partial charge on any atom is 0.211 e. The van der Waals surface area contributed by atoms with Gasteiger partial charge in [-0.1, -0.05) is 30.3 Å². The summed E-state index contributed by atoms with van der Waals surface area (Å²) < 4.78 is 25.3. The van der Waals surface area contributed by atoms with Crippen LogP contribution in [0.2, 0.25) is 0 Å². The maximum atomic E-state index is 11.3. The van der Waals surface area contributed by atoms with Gasteiger partial charge in [0.2, 0.25) is 10.0 Å². The second-order valence-electron chi connectivity index (χ2n) is 3.95. The summed E-state index contributed by atoms with van der Waals surface area (Å²) in [6.07, 6.45) is 1.72. The highest BCUT2D eigenvalue weighted by molar-refractivity contribution is 7.89. The monoisotopic (exact) mass is 241 g/mol. The molecule has 3 nitrogen and oxygen atoms in total. The highest BCUT2D eigenvalue weighted by atomic mass is 32.2. The fourth-order valence-corrected chi connectivity index (χ4v) is 2.37. The minimum atomic E-state index is -3.07. The average Bonchev–Trinajstić information content (AvgIpc) is 2.27. The molecule has 0 heterocycles. The molecular weight excluding hydrogens is 222 g/mol. The van der Waals surface area contributed by atoms with Gasteiger partial charge in [-0.05, 0) is 32.3 Å². The number of sulfonamides is 1. The van der Waals surface area contributed by atoms with Gasteiger partial charge < -0.3 is 0 Å². The molecule has 0 amide bonds. The minimum absolute atomic E-state index is 0.00911. The Kier molecular flexibility index (Phi) is 4.96. The first kappa shape index (κ1) is 13.2. The molecule has 90 valence electrons. The molecule has 16 heavy (non-hydrogen) atoms. The standard InChI is InChI=1S/C12H19NO2S/c1-3-16(14,15)13-11(2)9-10-12-7-5-4-6-8-12/h4-8,11,13H,3,9-10H2,1-2H3/t11-/m1/s1. The Balaban J connectivity index is 2.39. The Morgan fingerprint density at radius 2 is 1.88 bits per heavy atom. The summed E-state index contributed by atoms with van der Waals surface area (Å²) in [5, 5.41) is 0. The van der Waals surface area contributed by atoms with Gasteiger partial charge in [0.25, 0.3) is 0 Å². The van der Waals surface area contributed by atoms with Gasteiger partial charge in [-0.2, -0.15) is 0 Å². The van der Waals surface area contributed by atoms with Gasteiger partial charge >= 0.3 is 0 Å². The van der Waals surface area contributed by atoms with E-state index < -0.39 is 10.0 Å². The SMILES string of the molecule is CCS(=O)(=O)N[C@H](C)CCc1ccccc1. The molecule has 0 unspecified atom stereocenters. The summed E-state index contributed by atoms with van der Waals surface area (Å²) in [4.78, 5) is 0. The first-order chi connectivity index (χ1) is 7.53. The van der Waals surface area contributed by atoms with Crippen molar-refractivity contribution >= 4 is 10.0 Å². The lowest BCUT2D eigenvalue weighted by molar-refractivity contribution is 0.548. The van der Waals surface area contributed by atoms with Crippen LogP contribution in [0, 0.1) is 0 Å². The normalized spacial score (nSPS) is 13.6. The van der Waals surface area contributed by atoms with Gasteiger partial charge in [-0.25, -0.2) is 13.1 Å². The molecule has 0 spiro atoms. The molecule has 0 bridgehead atoms. The van der Waals surface area contributed by atoms with E-state index in [4.69, 9.17) is 0 Å². The van der Waals surface area contributed by atoms with E-state index in [2.05, 4.69) is 16.9 Å². The summed E-state index contributed by atoms with van der Waals surface area (Å²) >= 11 is 0. The molecule has 1 N–H and O–H groups in total. The zero-order valence-electron chi connectivity index (χ0n) is 9.81. The van der Waals surface area contributed by atoms with Gasteiger partial charge in [-0.15, -0.1) is 0 Å². The van der Waals surface area contributed by atoms with Crippen molar-refractivity contribution in [2.45, 2.75) is 32.7 Å². The maximum absolute atomic E-state index is 11.3. The molecule has 0 fully saturated rings. The number of rotatable bonds is 6. The van der Waals surface area contributed by atoms with Gasteiger partial charge in [0.05, 0.1) is 5.75 Å². The molecule has 1 atom stereocenters. The quantitative estimate of drug-likeness (QED) is 0.827. The predicted molar refractivity (Wildman–Crippen MR) is 66.8 cm³/mol. The van der Waals surface area contributed by atoms with Crippen LogP contribution in [-0.2, 0) is 16.4 Å². The fraction of sp³-hybridized carbons (Fsp3) is 0.500. The van der Waals surface area contributed by atoms with Crippen LogP contribution in [0.25, 0.3) is 0 Å². The Labute approximate surface area is 97.9 Å². The minimum Gasteiger partial charge on any atom is -0.212 e. The van der Waals surface area contributed by atoms with Crippen molar-refractivity contribution in [3.8, 4) is 0 Å². The van der Waals surface area contributed by atoms with Crippen LogP contribution in [0.3, 0.4) is 0 Å². The molecule has 1 rings (SSSR count). The first-order valence-electron chi connectivity index (χ1n) is 5.57. The lowest BCUT2D eigenvalue weighted by Gasteiger charge is -2.13. The number of hydrogen-bond donors (Lipinski definition) is 1. The van der Waals surface area contributed by atoms with Gasteiger partial charge in [0.1, 0.15) is 0 Å². The van der Waals surface area contributed by atoms with E-state index in [1.807, 2.05) is 25.1 Å². The second-order valence-corrected chi connectivity index (χ2v) is 5.99. The molecule has 1 aromatic rings. The van der Waals surface area contributed by atoms with Crippen LogP contribution in [0.15, 0.2) is 30.3 Å². The van der Waals surface area contributed by atoms with Crippen LogP contribution >= 0.6 is 0 Å². The third kappa shape index (κ3) is 4.77. The summed E-state index contributed by atoms with van der Waals surface area (Å²) in [7, 11) is -3.07. The Morgan fingerprint density at radius 1 is 1.25 bits per heavy atom. The first-order valence-corrected chi connectivity index (χ1v) is 7.22. The highest BCUT2D eigenvalue weighted by Gasteiger charge is 2.11. The smallest absolute Gasteiger partial charge is 0.211 e. The lowest BCUT2D eigenvalue weighted by atomic mass is 10.1. The van der Waals surface area contributed by atoms with Crippen molar-refractivity contribution in [2.75, 3.05) is 5.75 Å². The summed E-state index contributed by atoms with van der Waals surface area (Å²) in [5.74, 6) is 0.142. The molecule has 0 aliphatic carbocycles. The molecule has 0 saturated carbocycles. The summed E-state index contributed by atoms with van der Waals surface area (Å²) in [5.41, 5.74) is 1.24. The van der Waals surface area contributed by atoms with Crippen molar-refractivity contribution in [2.24, 2.45) is 0 Å². The van der Waals surface area contributed by atoms with E-state index >= 15 is 0 Å². The molecular formula is C12H19NO2S. The molecule has 0 aromatic heterocycles. The lowest BCUT2D eigenvalue weighted by Crippen LogP contribution is -2.33. The molecule has 0 aliphatic rings. The molecule has 0 radical (unpaired) electrons. The number of nitrogens with one attached hydrogen (secondary N) is 1. The number of hydrogen-bond acceptors (Lipinski definition) is 2. The van der Waals surface area contributed by atoms with E-state index in [0.717, 1.165) is 12.8 Å². The molecule has 4 heteroatoms. The predicted octanol–water partition coefficient (Wildman–Crippen LogP) is 1.95. The van der Waals surface area contributed by atoms with E-state index in [0.29, 0.717) is 0 Å². The second kappa shape index (κ2) is 6.01. The van der Waals surface area contributed by atoms with E-state index in [1.54, 1.807) is 6.92 Å². The molecule has 0 aliphatic heterocycles. The van der Waals surface area contributed by atoms with E-state index in [1.165, 1.54) is 5.56 Å². The van der Waals surface area contributed by atoms with Crippen LogP contribution in [0.4, 0.5) is 0 Å². The molecule has 0 saturated heterocycles. The van der Waals surface area contributed by atoms with Crippen molar-refractivity contribution in [3.05, 3.63) is 35.9 Å². The zero-order valence-corrected chi connectivity index (χ0v) is 10.6. The number of benzene rings is 1. The summed E-state index contributed by atoms with van der Waals surface area (Å²) in [6, 6.07) is 10.1. The van der Waals surface area contributed by atoms with E-state index in [-0.39, 0.29) is 11.8 Å². The van der Waals surface area contributed by atoms with Crippen molar-refractivity contribution in [3.63, 3.8) is 0 Å². The Morgan fingerprint density at radius 3 is 2.44 bits per heavy atom. The van der Waals surface area contributed by atoms with Gasteiger partial charge in [0.15, 0.2) is 0 Å². The van der Waals surface area contributed by atoms with Crippen LogP contribution in [-0.4, -0.2) is 20.2 Å². The number of aryl methyl sites for hydroxylation is 1. The topological polar surface area (TPSA) is 46.2 Å². The van der Waals surface area contributed by atoms with Crippen molar-refractivity contribution < 1.29 is 8.42 Å². The van der Waals surface area contributed by atoms with Crippen LogP contribution < -0.4 is 4.72 Å². The average molecular weight is 241 g/mol. The van der Waals surface area contributed by atoms with Crippen molar-refractivity contribution in [1.29, 1.82) is 0 Å². The van der Waals surface area contributed by atoms with Gasteiger partial charge in [-0.3, -0.25) is 0 Å². The Hall–Kier alpha value is -0.870. The Bertz CT molecular complexity index is 400. The van der Waals surface area contributed by atoms with E-state index in [9.17, 15) is 8.42 Å². The highest BCUT2D eigenvalue weighted by Crippen LogP contribution is 2.05. The van der Waals surface area contributed by atoms with Gasteiger partial charge in [0, 0.05) is 6.04 Å². The van der Waals surface area contributed by atoms with Crippen molar-refractivity contribution in [1.82, 2.24) is 4.72 Å². The molecule has 1 aromatic carbocycles. The largest absolute Gasteiger partial charge is 0.212 e. The zero-order chi connectivity index (χ0) is 12.0. The third-order valence-electron chi connectivity index (χ3n) is 2.47. The summed E-state index contributed by atoms with van der Waals surface area (Å²) in [6.45, 7) is 3.54. The van der Waals surface area contributed by atoms with Crippen LogP contribution in [0.1, 0.15) is 25.8 Å². The van der Waals surface area contributed by atoms with Crippen LogP contribution in [0.5, 0.6) is 0 Å². The fourth-order valence-electron chi connectivity index (χ4n) is 1.48.